The van der Waals surface area contributed by atoms with E-state index in [2.05, 4.69) is 17.1 Å². The van der Waals surface area contributed by atoms with Gasteiger partial charge in [0.05, 0.1) is 0 Å². The summed E-state index contributed by atoms with van der Waals surface area (Å²) < 4.78 is 0. The maximum Gasteiger partial charge on any atom is 0.174 e. The molecular weight excluding hydrogens is 200 g/mol. The van der Waals surface area contributed by atoms with Crippen molar-refractivity contribution in [3.8, 4) is 0 Å². The van der Waals surface area contributed by atoms with Gasteiger partial charge in [0.2, 0.25) is 0 Å². The Morgan fingerprint density at radius 1 is 1.43 bits per heavy atom. The van der Waals surface area contributed by atoms with E-state index >= 15 is 0 Å². The molecule has 0 aliphatic heterocycles. The van der Waals surface area contributed by atoms with Gasteiger partial charge >= 0.3 is 0 Å². The highest BCUT2D eigenvalue weighted by atomic mass is 35.5. The van der Waals surface area contributed by atoms with Gasteiger partial charge in [-0.05, 0) is 13.3 Å². The maximum atomic E-state index is 11.1. The summed E-state index contributed by atoms with van der Waals surface area (Å²) in [4.78, 5) is 13.2. The number of halogens is 1. The van der Waals surface area contributed by atoms with E-state index in [1.165, 1.54) is 6.92 Å². The average Bonchev–Trinajstić information content (AvgIpc) is 2.17. The molecule has 3 nitrogen and oxygen atoms in total. The molecule has 0 amide bonds. The molecule has 0 heterocycles. The van der Waals surface area contributed by atoms with Crippen molar-refractivity contribution in [3.63, 3.8) is 0 Å². The van der Waals surface area contributed by atoms with Crippen LogP contribution in [-0.2, 0) is 4.79 Å². The number of nitrogens with one attached hydrogen (secondary N) is 1. The number of allylic oxidation sites excluding steroid dienone is 1. The monoisotopic (exact) mass is 218 g/mol. The first kappa shape index (κ1) is 13.3. The largest absolute Gasteiger partial charge is 0.373 e. The standard InChI is InChI=1S/C10H19ClN2O/c1-5-7-13(6-2)10(12-4)9(11)8(3)14/h12H,5-7H2,1-4H3/b10-9-. The summed E-state index contributed by atoms with van der Waals surface area (Å²) in [5.41, 5.74) is 0. The van der Waals surface area contributed by atoms with Crippen molar-refractivity contribution >= 4 is 17.4 Å². The van der Waals surface area contributed by atoms with E-state index in [1.807, 2.05) is 6.92 Å². The van der Waals surface area contributed by atoms with Crippen molar-refractivity contribution in [2.24, 2.45) is 0 Å². The first-order valence-corrected chi connectivity index (χ1v) is 5.29. The number of Topliss-reactive ketones (excluding diaryl/α,β-unsaturated/α-hetero) is 1. The fourth-order valence-corrected chi connectivity index (χ4v) is 1.49. The Hall–Kier alpha value is -0.700. The highest BCUT2D eigenvalue weighted by Gasteiger charge is 2.13. The van der Waals surface area contributed by atoms with Crippen LogP contribution in [0.25, 0.3) is 0 Å². The second-order valence-corrected chi connectivity index (χ2v) is 3.43. The lowest BCUT2D eigenvalue weighted by Crippen LogP contribution is -2.32. The van der Waals surface area contributed by atoms with Crippen molar-refractivity contribution in [3.05, 3.63) is 10.9 Å². The predicted molar refractivity (Wildman–Crippen MR) is 60.2 cm³/mol. The second-order valence-electron chi connectivity index (χ2n) is 3.05. The van der Waals surface area contributed by atoms with Crippen molar-refractivity contribution in [2.45, 2.75) is 27.2 Å². The number of hydrogen-bond acceptors (Lipinski definition) is 3. The lowest BCUT2D eigenvalue weighted by Gasteiger charge is -2.25. The van der Waals surface area contributed by atoms with E-state index in [9.17, 15) is 4.79 Å². The lowest BCUT2D eigenvalue weighted by atomic mass is 10.3. The molecule has 4 heteroatoms. The van der Waals surface area contributed by atoms with Gasteiger partial charge < -0.3 is 10.2 Å². The molecule has 82 valence electrons. The summed E-state index contributed by atoms with van der Waals surface area (Å²) in [6.07, 6.45) is 1.03. The van der Waals surface area contributed by atoms with Gasteiger partial charge in [0.1, 0.15) is 10.9 Å². The van der Waals surface area contributed by atoms with Crippen LogP contribution < -0.4 is 5.32 Å². The van der Waals surface area contributed by atoms with Crippen LogP contribution in [0.15, 0.2) is 10.9 Å². The summed E-state index contributed by atoms with van der Waals surface area (Å²) in [6.45, 7) is 7.35. The van der Waals surface area contributed by atoms with E-state index in [0.29, 0.717) is 0 Å². The fourth-order valence-electron chi connectivity index (χ4n) is 1.27. The number of carbonyl (C=O) groups excluding carboxylic acids is 1. The Balaban J connectivity index is 4.82. The smallest absolute Gasteiger partial charge is 0.174 e. The topological polar surface area (TPSA) is 32.3 Å². The third-order valence-corrected chi connectivity index (χ3v) is 2.39. The zero-order valence-corrected chi connectivity index (χ0v) is 10.1. The van der Waals surface area contributed by atoms with Crippen molar-refractivity contribution in [1.82, 2.24) is 10.2 Å². The summed E-state index contributed by atoms with van der Waals surface area (Å²) in [5.74, 6) is 0.620. The highest BCUT2D eigenvalue weighted by molar-refractivity contribution is 6.42. The Labute approximate surface area is 91.1 Å². The zero-order chi connectivity index (χ0) is 11.1. The second kappa shape index (κ2) is 6.71. The number of hydrogen-bond donors (Lipinski definition) is 1. The minimum absolute atomic E-state index is 0.106. The summed E-state index contributed by atoms with van der Waals surface area (Å²) in [5, 5.41) is 3.25. The molecule has 0 aromatic rings. The van der Waals surface area contributed by atoms with Crippen LogP contribution in [0.1, 0.15) is 27.2 Å². The Bertz CT molecular complexity index is 226. The maximum absolute atomic E-state index is 11.1. The van der Waals surface area contributed by atoms with Crippen molar-refractivity contribution in [1.29, 1.82) is 0 Å². The number of carbonyl (C=O) groups is 1. The molecule has 0 atom stereocenters. The Kier molecular flexibility index (Phi) is 6.37. The lowest BCUT2D eigenvalue weighted by molar-refractivity contribution is -0.113. The molecule has 0 fully saturated rings. The van der Waals surface area contributed by atoms with Crippen LogP contribution in [0, 0.1) is 0 Å². The molecule has 0 saturated heterocycles. The molecule has 14 heavy (non-hydrogen) atoms. The van der Waals surface area contributed by atoms with Gasteiger partial charge in [0.25, 0.3) is 0 Å². The van der Waals surface area contributed by atoms with Crippen LogP contribution in [-0.4, -0.2) is 30.8 Å². The van der Waals surface area contributed by atoms with Gasteiger partial charge in [-0.25, -0.2) is 0 Å². The molecule has 0 unspecified atom stereocenters. The molecule has 0 aromatic heterocycles. The summed E-state index contributed by atoms with van der Waals surface area (Å²) >= 11 is 5.92. The third-order valence-electron chi connectivity index (χ3n) is 1.95. The van der Waals surface area contributed by atoms with Gasteiger partial charge in [-0.3, -0.25) is 4.79 Å². The first-order valence-electron chi connectivity index (χ1n) is 4.91. The molecule has 0 saturated carbocycles. The molecule has 0 radical (unpaired) electrons. The predicted octanol–water partition coefficient (Wildman–Crippen LogP) is 1.93. The van der Waals surface area contributed by atoms with Gasteiger partial charge in [0, 0.05) is 27.1 Å². The number of ketones is 1. The minimum atomic E-state index is -0.106. The minimum Gasteiger partial charge on any atom is -0.373 e. The van der Waals surface area contributed by atoms with E-state index in [4.69, 9.17) is 11.6 Å². The van der Waals surface area contributed by atoms with Crippen molar-refractivity contribution in [2.75, 3.05) is 20.1 Å². The normalized spacial score (nSPS) is 12.1. The quantitative estimate of drug-likeness (QED) is 0.692. The molecule has 0 bridgehead atoms. The van der Waals surface area contributed by atoms with E-state index < -0.39 is 0 Å². The van der Waals surface area contributed by atoms with Crippen LogP contribution in [0.2, 0.25) is 0 Å². The molecular formula is C10H19ClN2O. The van der Waals surface area contributed by atoms with Crippen LogP contribution in [0.3, 0.4) is 0 Å². The van der Waals surface area contributed by atoms with Crippen molar-refractivity contribution < 1.29 is 4.79 Å². The molecule has 0 aliphatic carbocycles. The molecule has 0 rings (SSSR count). The first-order chi connectivity index (χ1) is 6.58. The SMILES string of the molecule is CCCN(CC)/C(NC)=C(\Cl)C(C)=O. The van der Waals surface area contributed by atoms with E-state index in [1.54, 1.807) is 7.05 Å². The number of nitrogens with zero attached hydrogens (tertiary/aromatic N) is 1. The molecule has 0 spiro atoms. The van der Waals surface area contributed by atoms with Gasteiger partial charge in [-0.1, -0.05) is 18.5 Å². The summed E-state index contributed by atoms with van der Waals surface area (Å²) in [7, 11) is 1.78. The average molecular weight is 219 g/mol. The number of rotatable bonds is 6. The van der Waals surface area contributed by atoms with E-state index in [0.717, 1.165) is 25.3 Å². The fraction of sp³-hybridized carbons (Fsp3) is 0.700. The van der Waals surface area contributed by atoms with E-state index in [-0.39, 0.29) is 10.8 Å². The van der Waals surface area contributed by atoms with Gasteiger partial charge in [0.15, 0.2) is 5.78 Å². The highest BCUT2D eigenvalue weighted by Crippen LogP contribution is 2.12. The van der Waals surface area contributed by atoms with Gasteiger partial charge in [-0.15, -0.1) is 0 Å². The molecule has 1 N–H and O–H groups in total. The Morgan fingerprint density at radius 2 is 2.00 bits per heavy atom. The summed E-state index contributed by atoms with van der Waals surface area (Å²) in [6, 6.07) is 0. The van der Waals surface area contributed by atoms with Crippen LogP contribution in [0.5, 0.6) is 0 Å². The van der Waals surface area contributed by atoms with Gasteiger partial charge in [-0.2, -0.15) is 0 Å². The molecule has 0 aromatic carbocycles. The van der Waals surface area contributed by atoms with Crippen LogP contribution in [0.4, 0.5) is 0 Å². The molecule has 0 aliphatic rings. The Morgan fingerprint density at radius 3 is 2.29 bits per heavy atom. The van der Waals surface area contributed by atoms with Crippen LogP contribution >= 0.6 is 11.6 Å². The zero-order valence-electron chi connectivity index (χ0n) is 9.35. The third kappa shape index (κ3) is 3.58.